The van der Waals surface area contributed by atoms with Gasteiger partial charge in [0.25, 0.3) is 0 Å². The number of carboxylic acids is 1. The highest BCUT2D eigenvalue weighted by atomic mass is 35.5. The van der Waals surface area contributed by atoms with E-state index < -0.39 is 5.97 Å². The van der Waals surface area contributed by atoms with Gasteiger partial charge in [-0.15, -0.1) is 11.3 Å². The molecule has 0 amide bonds. The van der Waals surface area contributed by atoms with E-state index in [9.17, 15) is 9.90 Å². The van der Waals surface area contributed by atoms with Gasteiger partial charge in [0, 0.05) is 5.39 Å². The van der Waals surface area contributed by atoms with Crippen molar-refractivity contribution in [3.05, 3.63) is 51.9 Å². The summed E-state index contributed by atoms with van der Waals surface area (Å²) >= 11 is 7.68. The Morgan fingerprint density at radius 3 is 2.80 bits per heavy atom. The van der Waals surface area contributed by atoms with Gasteiger partial charge in [-0.3, -0.25) is 0 Å². The molecule has 0 aliphatic carbocycles. The number of aromatic nitrogens is 1. The van der Waals surface area contributed by atoms with Crippen molar-refractivity contribution in [2.75, 3.05) is 0 Å². The molecule has 5 heteroatoms. The van der Waals surface area contributed by atoms with Gasteiger partial charge in [0.05, 0.1) is 26.7 Å². The van der Waals surface area contributed by atoms with Crippen LogP contribution in [-0.2, 0) is 0 Å². The van der Waals surface area contributed by atoms with Gasteiger partial charge in [-0.25, -0.2) is 9.78 Å². The standard InChI is InChI=1S/C15H10ClNO2S/c1-8-4-5-10(16)13-9(15(18)19)7-11(17-14(8)13)12-3-2-6-20-12/h2-7H,1H3,(H,18,19). The molecule has 0 atom stereocenters. The minimum absolute atomic E-state index is 0.187. The molecule has 0 fully saturated rings. The van der Waals surface area contributed by atoms with Gasteiger partial charge in [-0.2, -0.15) is 0 Å². The van der Waals surface area contributed by atoms with Crippen molar-refractivity contribution in [1.29, 1.82) is 0 Å². The number of aromatic carboxylic acids is 1. The molecule has 0 radical (unpaired) electrons. The fourth-order valence-corrected chi connectivity index (χ4v) is 3.09. The highest BCUT2D eigenvalue weighted by Crippen LogP contribution is 2.33. The Morgan fingerprint density at radius 2 is 2.15 bits per heavy atom. The first-order valence-corrected chi connectivity index (χ1v) is 7.20. The first-order valence-electron chi connectivity index (χ1n) is 5.95. The molecule has 2 heterocycles. The summed E-state index contributed by atoms with van der Waals surface area (Å²) in [5.41, 5.74) is 2.40. The number of pyridine rings is 1. The van der Waals surface area contributed by atoms with Gasteiger partial charge in [-0.05, 0) is 36.1 Å². The van der Waals surface area contributed by atoms with Crippen molar-refractivity contribution in [1.82, 2.24) is 4.98 Å². The second kappa shape index (κ2) is 4.89. The fraction of sp³-hybridized carbons (Fsp3) is 0.0667. The molecule has 1 aromatic carbocycles. The number of hydrogen-bond acceptors (Lipinski definition) is 3. The molecular formula is C15H10ClNO2S. The van der Waals surface area contributed by atoms with E-state index in [1.165, 1.54) is 11.3 Å². The number of fused-ring (bicyclic) bond motifs is 1. The second-order valence-corrected chi connectivity index (χ2v) is 5.78. The van der Waals surface area contributed by atoms with Gasteiger partial charge in [0.15, 0.2) is 0 Å². The van der Waals surface area contributed by atoms with E-state index in [1.54, 1.807) is 12.1 Å². The van der Waals surface area contributed by atoms with Crippen LogP contribution in [0.15, 0.2) is 35.7 Å². The summed E-state index contributed by atoms with van der Waals surface area (Å²) in [6.45, 7) is 1.90. The molecule has 0 saturated carbocycles. The van der Waals surface area contributed by atoms with E-state index in [1.807, 2.05) is 30.5 Å². The van der Waals surface area contributed by atoms with Crippen molar-refractivity contribution in [3.63, 3.8) is 0 Å². The van der Waals surface area contributed by atoms with Crippen LogP contribution in [0.4, 0.5) is 0 Å². The van der Waals surface area contributed by atoms with Gasteiger partial charge in [0.2, 0.25) is 0 Å². The maximum absolute atomic E-state index is 11.5. The Morgan fingerprint density at radius 1 is 1.35 bits per heavy atom. The minimum Gasteiger partial charge on any atom is -0.478 e. The highest BCUT2D eigenvalue weighted by molar-refractivity contribution is 7.13. The lowest BCUT2D eigenvalue weighted by Gasteiger charge is -2.09. The van der Waals surface area contributed by atoms with Crippen LogP contribution in [0, 0.1) is 6.92 Å². The number of aryl methyl sites for hydroxylation is 1. The number of benzene rings is 1. The first-order chi connectivity index (χ1) is 9.58. The van der Waals surface area contributed by atoms with Crippen LogP contribution in [-0.4, -0.2) is 16.1 Å². The summed E-state index contributed by atoms with van der Waals surface area (Å²) < 4.78 is 0. The van der Waals surface area contributed by atoms with E-state index in [4.69, 9.17) is 11.6 Å². The Kier molecular flexibility index (Phi) is 3.20. The molecule has 20 heavy (non-hydrogen) atoms. The SMILES string of the molecule is Cc1ccc(Cl)c2c(C(=O)O)cc(-c3cccs3)nc12. The molecule has 0 aliphatic heterocycles. The van der Waals surface area contributed by atoms with Crippen LogP contribution in [0.3, 0.4) is 0 Å². The lowest BCUT2D eigenvalue weighted by Crippen LogP contribution is -2.01. The molecule has 0 saturated heterocycles. The van der Waals surface area contributed by atoms with Gasteiger partial charge in [0.1, 0.15) is 0 Å². The smallest absolute Gasteiger partial charge is 0.336 e. The molecule has 3 aromatic rings. The van der Waals surface area contributed by atoms with E-state index in [2.05, 4.69) is 4.98 Å². The predicted molar refractivity (Wildman–Crippen MR) is 81.8 cm³/mol. The largest absolute Gasteiger partial charge is 0.478 e. The number of carbonyl (C=O) groups is 1. The first kappa shape index (κ1) is 13.1. The number of halogens is 1. The van der Waals surface area contributed by atoms with Crippen molar-refractivity contribution in [2.24, 2.45) is 0 Å². The molecule has 3 rings (SSSR count). The van der Waals surface area contributed by atoms with E-state index in [0.29, 0.717) is 21.6 Å². The van der Waals surface area contributed by atoms with Gasteiger partial charge >= 0.3 is 5.97 Å². The quantitative estimate of drug-likeness (QED) is 0.751. The Balaban J connectivity index is 2.43. The number of hydrogen-bond donors (Lipinski definition) is 1. The van der Waals surface area contributed by atoms with Crippen LogP contribution >= 0.6 is 22.9 Å². The summed E-state index contributed by atoms with van der Waals surface area (Å²) in [6, 6.07) is 8.98. The second-order valence-electron chi connectivity index (χ2n) is 4.43. The lowest BCUT2D eigenvalue weighted by molar-refractivity contribution is 0.0699. The van der Waals surface area contributed by atoms with Crippen molar-refractivity contribution >= 4 is 39.8 Å². The zero-order valence-corrected chi connectivity index (χ0v) is 12.1. The zero-order chi connectivity index (χ0) is 14.3. The topological polar surface area (TPSA) is 50.2 Å². The number of rotatable bonds is 2. The third-order valence-corrected chi connectivity index (χ3v) is 4.32. The summed E-state index contributed by atoms with van der Waals surface area (Å²) in [5.74, 6) is -0.997. The van der Waals surface area contributed by atoms with Crippen LogP contribution in [0.2, 0.25) is 5.02 Å². The number of thiophene rings is 1. The molecule has 1 N–H and O–H groups in total. The summed E-state index contributed by atoms with van der Waals surface area (Å²) in [4.78, 5) is 17.0. The number of carboxylic acid groups (broad SMARTS) is 1. The summed E-state index contributed by atoms with van der Waals surface area (Å²) in [7, 11) is 0. The monoisotopic (exact) mass is 303 g/mol. The maximum Gasteiger partial charge on any atom is 0.336 e. The zero-order valence-electron chi connectivity index (χ0n) is 10.6. The van der Waals surface area contributed by atoms with Crippen molar-refractivity contribution in [3.8, 4) is 10.6 Å². The molecule has 100 valence electrons. The third kappa shape index (κ3) is 2.07. The highest BCUT2D eigenvalue weighted by Gasteiger charge is 2.17. The van der Waals surface area contributed by atoms with E-state index >= 15 is 0 Å². The molecule has 0 unspecified atom stereocenters. The average Bonchev–Trinajstić information content (AvgIpc) is 2.96. The van der Waals surface area contributed by atoms with E-state index in [0.717, 1.165) is 10.4 Å². The van der Waals surface area contributed by atoms with Crippen molar-refractivity contribution in [2.45, 2.75) is 6.92 Å². The van der Waals surface area contributed by atoms with Crippen LogP contribution in [0.1, 0.15) is 15.9 Å². The van der Waals surface area contributed by atoms with Gasteiger partial charge in [-0.1, -0.05) is 23.7 Å². The Bertz CT molecular complexity index is 812. The Labute approximate surface area is 124 Å². The molecule has 2 aromatic heterocycles. The maximum atomic E-state index is 11.5. The molecule has 3 nitrogen and oxygen atoms in total. The fourth-order valence-electron chi connectivity index (χ4n) is 2.15. The normalized spacial score (nSPS) is 10.9. The average molecular weight is 304 g/mol. The Hall–Kier alpha value is -1.91. The minimum atomic E-state index is -0.997. The third-order valence-electron chi connectivity index (χ3n) is 3.12. The molecule has 0 aliphatic rings. The van der Waals surface area contributed by atoms with Crippen LogP contribution < -0.4 is 0 Å². The lowest BCUT2D eigenvalue weighted by atomic mass is 10.0. The summed E-state index contributed by atoms with van der Waals surface area (Å²) in [5, 5.41) is 12.3. The van der Waals surface area contributed by atoms with Crippen molar-refractivity contribution < 1.29 is 9.90 Å². The number of nitrogens with zero attached hydrogens (tertiary/aromatic N) is 1. The molecular weight excluding hydrogens is 294 g/mol. The van der Waals surface area contributed by atoms with Gasteiger partial charge < -0.3 is 5.11 Å². The van der Waals surface area contributed by atoms with E-state index in [-0.39, 0.29) is 5.56 Å². The van der Waals surface area contributed by atoms with Crippen LogP contribution in [0.5, 0.6) is 0 Å². The molecule has 0 spiro atoms. The summed E-state index contributed by atoms with van der Waals surface area (Å²) in [6.07, 6.45) is 0. The predicted octanol–water partition coefficient (Wildman–Crippen LogP) is 4.62. The van der Waals surface area contributed by atoms with Crippen LogP contribution in [0.25, 0.3) is 21.5 Å². The molecule has 0 bridgehead atoms.